The number of esters is 1. The molecule has 2 aromatic rings. The number of amides is 1. The average Bonchev–Trinajstić information content (AvgIpc) is 3.14. The molecule has 3 rings (SSSR count). The summed E-state index contributed by atoms with van der Waals surface area (Å²) >= 11 is 1.28. The van der Waals surface area contributed by atoms with Crippen LogP contribution in [0.1, 0.15) is 59.0 Å². The Morgan fingerprint density at radius 2 is 1.94 bits per heavy atom. The molecule has 1 aromatic heterocycles. The van der Waals surface area contributed by atoms with Gasteiger partial charge in [0.1, 0.15) is 11.4 Å². The predicted molar refractivity (Wildman–Crippen MR) is 122 cm³/mol. The number of quaternary nitrogens is 1. The minimum atomic E-state index is -0.439. The number of nitrogens with one attached hydrogen (secondary N) is 1. The van der Waals surface area contributed by atoms with E-state index in [2.05, 4.69) is 11.4 Å². The van der Waals surface area contributed by atoms with Gasteiger partial charge in [0, 0.05) is 44.7 Å². The van der Waals surface area contributed by atoms with Crippen LogP contribution in [0.15, 0.2) is 29.6 Å². The molecule has 1 amide bonds. The van der Waals surface area contributed by atoms with E-state index in [0.717, 1.165) is 43.5 Å². The van der Waals surface area contributed by atoms with Crippen molar-refractivity contribution in [2.75, 3.05) is 25.5 Å². The van der Waals surface area contributed by atoms with Crippen LogP contribution in [0.4, 0.5) is 5.69 Å². The molecule has 0 bridgehead atoms. The summed E-state index contributed by atoms with van der Waals surface area (Å²) in [6, 6.07) is 9.70. The summed E-state index contributed by atoms with van der Waals surface area (Å²) in [6.07, 6.45) is 3.96. The van der Waals surface area contributed by atoms with E-state index < -0.39 is 5.97 Å². The number of rotatable bonds is 7. The number of carbonyl (C=O) groups is 2. The first kappa shape index (κ1) is 26.7. The van der Waals surface area contributed by atoms with Crippen LogP contribution in [0.3, 0.4) is 0 Å². The van der Waals surface area contributed by atoms with E-state index >= 15 is 0 Å². The normalized spacial score (nSPS) is 15.7. The first-order valence-corrected chi connectivity index (χ1v) is 11.6. The van der Waals surface area contributed by atoms with Crippen LogP contribution in [0, 0.1) is 18.3 Å². The zero-order valence-electron chi connectivity index (χ0n) is 19.0. The fraction of sp³-hybridized carbons (Fsp3) is 0.458. The average molecular weight is 529 g/mol. The molecule has 8 heteroatoms. The van der Waals surface area contributed by atoms with E-state index in [0.29, 0.717) is 33.6 Å². The first-order chi connectivity index (χ1) is 15.0. The molecule has 32 heavy (non-hydrogen) atoms. The van der Waals surface area contributed by atoms with Gasteiger partial charge in [0.2, 0.25) is 0 Å². The van der Waals surface area contributed by atoms with Gasteiger partial charge in [0.15, 0.2) is 6.04 Å². The Hall–Kier alpha value is -1.59. The maximum Gasteiger partial charge on any atom is 0.350 e. The van der Waals surface area contributed by atoms with E-state index in [-0.39, 0.29) is 44.7 Å². The third-order valence-corrected chi connectivity index (χ3v) is 7.35. The van der Waals surface area contributed by atoms with Gasteiger partial charge in [-0.15, -0.1) is 11.3 Å². The third-order valence-electron chi connectivity index (χ3n) is 6.27. The molecule has 1 aliphatic rings. The molecular formula is C24H30N3O3SY+. The van der Waals surface area contributed by atoms with E-state index in [4.69, 9.17) is 4.74 Å². The summed E-state index contributed by atoms with van der Waals surface area (Å²) in [7, 11) is 1.35. The Bertz CT molecular complexity index is 993. The molecule has 2 heterocycles. The molecular weight excluding hydrogens is 499 g/mol. The van der Waals surface area contributed by atoms with Crippen LogP contribution >= 0.6 is 11.3 Å². The molecule has 1 saturated heterocycles. The molecule has 1 aliphatic heterocycles. The second kappa shape index (κ2) is 12.0. The topological polar surface area (TPSA) is 79.2 Å². The van der Waals surface area contributed by atoms with Crippen molar-refractivity contribution in [1.29, 1.82) is 5.26 Å². The fourth-order valence-electron chi connectivity index (χ4n) is 4.70. The molecule has 0 aliphatic carbocycles. The number of nitrogens with zero attached hydrogens (tertiary/aromatic N) is 2. The number of benzene rings is 1. The van der Waals surface area contributed by atoms with Gasteiger partial charge < -0.3 is 14.5 Å². The van der Waals surface area contributed by atoms with Crippen molar-refractivity contribution in [2.45, 2.75) is 52.1 Å². The van der Waals surface area contributed by atoms with Gasteiger partial charge in [0.05, 0.1) is 37.5 Å². The number of hydrogen-bond donors (Lipinski definition) is 1. The van der Waals surface area contributed by atoms with E-state index in [9.17, 15) is 14.9 Å². The number of hydrogen-bond acceptors (Lipinski definition) is 5. The number of methoxy groups -OCH3 is 1. The zero-order chi connectivity index (χ0) is 22.4. The number of aryl methyl sites for hydroxylation is 1. The molecule has 0 spiro atoms. The Morgan fingerprint density at radius 3 is 2.56 bits per heavy atom. The fourth-order valence-corrected chi connectivity index (χ4v) is 5.62. The summed E-state index contributed by atoms with van der Waals surface area (Å²) < 4.78 is 5.52. The van der Waals surface area contributed by atoms with Gasteiger partial charge in [-0.05, 0) is 43.2 Å². The number of nitriles is 1. The molecule has 1 unspecified atom stereocenters. The smallest absolute Gasteiger partial charge is 0.350 e. The number of piperidine rings is 1. The molecule has 167 valence electrons. The number of thiophene rings is 1. The van der Waals surface area contributed by atoms with Gasteiger partial charge in [-0.1, -0.05) is 25.1 Å². The summed E-state index contributed by atoms with van der Waals surface area (Å²) in [5.74, 6) is -0.517. The van der Waals surface area contributed by atoms with Crippen molar-refractivity contribution >= 4 is 28.9 Å². The molecule has 0 saturated carbocycles. The molecule has 1 aromatic carbocycles. The van der Waals surface area contributed by atoms with Gasteiger partial charge in [0.25, 0.3) is 5.91 Å². The predicted octanol–water partition coefficient (Wildman–Crippen LogP) is 4.63. The second-order valence-corrected chi connectivity index (χ2v) is 9.06. The van der Waals surface area contributed by atoms with Crippen molar-refractivity contribution in [3.63, 3.8) is 0 Å². The Morgan fingerprint density at radius 1 is 1.25 bits per heavy atom. The maximum atomic E-state index is 13.6. The zero-order valence-corrected chi connectivity index (χ0v) is 22.7. The first-order valence-electron chi connectivity index (χ1n) is 10.8. The van der Waals surface area contributed by atoms with Gasteiger partial charge in [-0.2, -0.15) is 5.26 Å². The Balaban J connectivity index is 0.00000363. The van der Waals surface area contributed by atoms with Crippen LogP contribution < -0.4 is 5.32 Å². The second-order valence-electron chi connectivity index (χ2n) is 8.18. The van der Waals surface area contributed by atoms with Crippen molar-refractivity contribution in [2.24, 2.45) is 0 Å². The Kier molecular flexibility index (Phi) is 10.0. The van der Waals surface area contributed by atoms with Crippen LogP contribution in [0.25, 0.3) is 0 Å². The monoisotopic (exact) mass is 529 g/mol. The van der Waals surface area contributed by atoms with Gasteiger partial charge >= 0.3 is 5.97 Å². The van der Waals surface area contributed by atoms with Crippen molar-refractivity contribution in [3.8, 4) is 6.07 Å². The maximum absolute atomic E-state index is 13.6. The van der Waals surface area contributed by atoms with Crippen LogP contribution in [-0.2, 0) is 48.8 Å². The number of anilines is 1. The van der Waals surface area contributed by atoms with Crippen LogP contribution in [0.2, 0.25) is 0 Å². The summed E-state index contributed by atoms with van der Waals surface area (Å²) in [6.45, 7) is 6.38. The summed E-state index contributed by atoms with van der Waals surface area (Å²) in [4.78, 5) is 26.1. The molecule has 1 atom stereocenters. The standard InChI is InChI=1S/C24H29N3O3S.Y/c1-4-20(23(28)26-21-17(2)16-31-22(21)24(29)30-3)27(12-8-5-9-13-27)15-19-11-7-6-10-18(19)14-25;/h6-7,10-11,16,20H,4-5,8-9,12-13,15H2,1-3H3;/p+1. The van der Waals surface area contributed by atoms with Gasteiger partial charge in [-0.3, -0.25) is 4.79 Å². The molecule has 1 fully saturated rings. The van der Waals surface area contributed by atoms with Gasteiger partial charge in [-0.25, -0.2) is 4.79 Å². The van der Waals surface area contributed by atoms with Crippen LogP contribution in [-0.4, -0.2) is 42.6 Å². The minimum Gasteiger partial charge on any atom is -0.465 e. The number of carbonyl (C=O) groups excluding carboxylic acids is 2. The van der Waals surface area contributed by atoms with Crippen molar-refractivity contribution < 1.29 is 51.5 Å². The quantitative estimate of drug-likeness (QED) is 0.419. The SMILES string of the molecule is CCC(C(=O)Nc1c(C)csc1C(=O)OC)[N+]1(Cc2ccccc2C#N)CCCCC1.[Y]. The molecule has 1 radical (unpaired) electrons. The molecule has 6 nitrogen and oxygen atoms in total. The van der Waals surface area contributed by atoms with E-state index in [1.807, 2.05) is 43.5 Å². The largest absolute Gasteiger partial charge is 0.465 e. The Labute approximate surface area is 219 Å². The van der Waals surface area contributed by atoms with E-state index in [1.165, 1.54) is 18.4 Å². The third kappa shape index (κ3) is 5.66. The van der Waals surface area contributed by atoms with Crippen LogP contribution in [0.5, 0.6) is 0 Å². The minimum absolute atomic E-state index is 0. The summed E-state index contributed by atoms with van der Waals surface area (Å²) in [5.41, 5.74) is 3.06. The van der Waals surface area contributed by atoms with E-state index in [1.54, 1.807) is 0 Å². The summed E-state index contributed by atoms with van der Waals surface area (Å²) in [5, 5.41) is 14.5. The number of likely N-dealkylation sites (tertiary alicyclic amines) is 1. The van der Waals surface area contributed by atoms with Crippen molar-refractivity contribution in [3.05, 3.63) is 51.2 Å². The molecule has 1 N–H and O–H groups in total. The number of ether oxygens (including phenoxy) is 1. The van der Waals surface area contributed by atoms with Crippen molar-refractivity contribution in [1.82, 2.24) is 0 Å².